The van der Waals surface area contributed by atoms with E-state index >= 15 is 0 Å². The number of thiophene rings is 1. The largest absolute Gasteiger partial charge is 0.439 e. The molecule has 0 saturated heterocycles. The predicted molar refractivity (Wildman–Crippen MR) is 114 cm³/mol. The van der Waals surface area contributed by atoms with Crippen LogP contribution in [0.15, 0.2) is 63.3 Å². The third-order valence-electron chi connectivity index (χ3n) is 4.12. The zero-order chi connectivity index (χ0) is 20.4. The van der Waals surface area contributed by atoms with Crippen molar-refractivity contribution in [3.8, 4) is 11.6 Å². The van der Waals surface area contributed by atoms with Gasteiger partial charge in [0.2, 0.25) is 5.88 Å². The summed E-state index contributed by atoms with van der Waals surface area (Å²) in [5.41, 5.74) is 0.845. The van der Waals surface area contributed by atoms with Crippen LogP contribution in [0.25, 0.3) is 10.2 Å². The second-order valence-electron chi connectivity index (χ2n) is 6.25. The van der Waals surface area contributed by atoms with E-state index in [1.807, 2.05) is 29.6 Å². The first-order chi connectivity index (χ1) is 14.0. The van der Waals surface area contributed by atoms with Crippen molar-refractivity contribution < 1.29 is 9.53 Å². The summed E-state index contributed by atoms with van der Waals surface area (Å²) >= 11 is 4.71. The van der Waals surface area contributed by atoms with Gasteiger partial charge < -0.3 is 14.6 Å². The van der Waals surface area contributed by atoms with Gasteiger partial charge in [-0.3, -0.25) is 9.59 Å². The number of pyridine rings is 1. The third-order valence-corrected chi connectivity index (χ3v) is 5.55. The number of nitrogens with one attached hydrogen (secondary N) is 1. The van der Waals surface area contributed by atoms with Gasteiger partial charge in [-0.25, -0.2) is 9.97 Å². The van der Waals surface area contributed by atoms with E-state index in [4.69, 9.17) is 4.74 Å². The lowest BCUT2D eigenvalue weighted by Gasteiger charge is -2.16. The third kappa shape index (κ3) is 4.36. The molecule has 0 aliphatic carbocycles. The summed E-state index contributed by atoms with van der Waals surface area (Å²) in [6.07, 6.45) is 1.46. The molecule has 9 heteroatoms. The van der Waals surface area contributed by atoms with Gasteiger partial charge >= 0.3 is 0 Å². The van der Waals surface area contributed by atoms with E-state index in [9.17, 15) is 9.59 Å². The van der Waals surface area contributed by atoms with Crippen LogP contribution in [0.1, 0.15) is 16.2 Å². The number of benzene rings is 1. The van der Waals surface area contributed by atoms with E-state index in [-0.39, 0.29) is 18.0 Å². The first kappa shape index (κ1) is 19.3. The molecule has 4 rings (SSSR count). The Morgan fingerprint density at radius 1 is 1.21 bits per heavy atom. The summed E-state index contributed by atoms with van der Waals surface area (Å²) in [6, 6.07) is 12.4. The minimum Gasteiger partial charge on any atom is -0.439 e. The van der Waals surface area contributed by atoms with Crippen molar-refractivity contribution in [1.82, 2.24) is 19.9 Å². The highest BCUT2D eigenvalue weighted by Crippen LogP contribution is 2.22. The Hall–Kier alpha value is -3.04. The van der Waals surface area contributed by atoms with Crippen molar-refractivity contribution in [1.29, 1.82) is 0 Å². The number of nitrogens with zero attached hydrogens (tertiary/aromatic N) is 3. The zero-order valence-electron chi connectivity index (χ0n) is 15.3. The summed E-state index contributed by atoms with van der Waals surface area (Å²) in [5.74, 6) is 1.23. The lowest BCUT2D eigenvalue weighted by Crippen LogP contribution is -2.28. The number of H-pyrrole nitrogens is 1. The summed E-state index contributed by atoms with van der Waals surface area (Å²) < 4.78 is 7.20. The normalized spacial score (nSPS) is 10.8. The standard InChI is InChI=1S/C20H15BrN4O3S/c1-25(11-16-23-15-8-9-29-18(15)19(26)24-16)20(27)12-2-7-17(22-10-12)28-14-5-3-13(21)4-6-14/h2-10H,11H2,1H3,(H,23,24,26). The molecule has 0 atom stereocenters. The van der Waals surface area contributed by atoms with Gasteiger partial charge in [0.1, 0.15) is 16.3 Å². The van der Waals surface area contributed by atoms with Crippen LogP contribution in [0.3, 0.4) is 0 Å². The predicted octanol–water partition coefficient (Wildman–Crippen LogP) is 4.21. The Morgan fingerprint density at radius 2 is 2.00 bits per heavy atom. The highest BCUT2D eigenvalue weighted by molar-refractivity contribution is 9.10. The van der Waals surface area contributed by atoms with E-state index < -0.39 is 0 Å². The average Bonchev–Trinajstić information content (AvgIpc) is 3.19. The second-order valence-corrected chi connectivity index (χ2v) is 8.08. The highest BCUT2D eigenvalue weighted by atomic mass is 79.9. The SMILES string of the molecule is CN(Cc1nc2ccsc2c(=O)[nH]1)C(=O)c1ccc(Oc2ccc(Br)cc2)nc1. The summed E-state index contributed by atoms with van der Waals surface area (Å²) in [5, 5.41) is 1.81. The molecule has 4 aromatic rings. The number of hydrogen-bond acceptors (Lipinski definition) is 6. The molecule has 1 aromatic carbocycles. The summed E-state index contributed by atoms with van der Waals surface area (Å²) in [7, 11) is 1.65. The fraction of sp³-hybridized carbons (Fsp3) is 0.100. The lowest BCUT2D eigenvalue weighted by atomic mass is 10.2. The van der Waals surface area contributed by atoms with E-state index in [1.54, 1.807) is 25.2 Å². The van der Waals surface area contributed by atoms with Gasteiger partial charge in [0.15, 0.2) is 0 Å². The fourth-order valence-corrected chi connectivity index (χ4v) is 3.69. The number of amides is 1. The molecule has 0 bridgehead atoms. The van der Waals surface area contributed by atoms with E-state index in [0.29, 0.717) is 33.2 Å². The first-order valence-corrected chi connectivity index (χ1v) is 10.3. The monoisotopic (exact) mass is 470 g/mol. The number of hydrogen-bond donors (Lipinski definition) is 1. The summed E-state index contributed by atoms with van der Waals surface area (Å²) in [4.78, 5) is 37.6. The Labute approximate surface area is 178 Å². The van der Waals surface area contributed by atoms with Crippen molar-refractivity contribution in [2.45, 2.75) is 6.54 Å². The number of carbonyl (C=O) groups excluding carboxylic acids is 1. The Kier molecular flexibility index (Phi) is 5.41. The maximum absolute atomic E-state index is 12.7. The van der Waals surface area contributed by atoms with Crippen LogP contribution in [0.4, 0.5) is 0 Å². The highest BCUT2D eigenvalue weighted by Gasteiger charge is 2.15. The smallest absolute Gasteiger partial charge is 0.268 e. The van der Waals surface area contributed by atoms with Crippen LogP contribution in [-0.2, 0) is 6.54 Å². The number of rotatable bonds is 5. The first-order valence-electron chi connectivity index (χ1n) is 8.61. The van der Waals surface area contributed by atoms with Crippen molar-refractivity contribution in [2.24, 2.45) is 0 Å². The molecule has 0 spiro atoms. The van der Waals surface area contributed by atoms with Crippen molar-refractivity contribution >= 4 is 43.4 Å². The maximum atomic E-state index is 12.7. The number of aromatic amines is 1. The molecule has 0 radical (unpaired) electrons. The van der Waals surface area contributed by atoms with E-state index in [1.165, 1.54) is 22.4 Å². The molecule has 146 valence electrons. The molecule has 0 saturated carbocycles. The second kappa shape index (κ2) is 8.14. The molecule has 0 unspecified atom stereocenters. The van der Waals surface area contributed by atoms with Gasteiger partial charge in [-0.2, -0.15) is 0 Å². The van der Waals surface area contributed by atoms with E-state index in [0.717, 1.165) is 4.47 Å². The average molecular weight is 471 g/mol. The molecule has 1 N–H and O–H groups in total. The molecule has 0 fully saturated rings. The lowest BCUT2D eigenvalue weighted by molar-refractivity contribution is 0.0781. The topological polar surface area (TPSA) is 88.2 Å². The Bertz CT molecular complexity index is 1220. The van der Waals surface area contributed by atoms with Gasteiger partial charge in [0, 0.05) is 23.8 Å². The number of halogens is 1. The van der Waals surface area contributed by atoms with Crippen LogP contribution in [0.5, 0.6) is 11.6 Å². The summed E-state index contributed by atoms with van der Waals surface area (Å²) in [6.45, 7) is 0.178. The molecule has 3 heterocycles. The van der Waals surface area contributed by atoms with E-state index in [2.05, 4.69) is 30.9 Å². The van der Waals surface area contributed by atoms with Crippen LogP contribution in [-0.4, -0.2) is 32.8 Å². The zero-order valence-corrected chi connectivity index (χ0v) is 17.7. The molecule has 0 aliphatic rings. The number of ether oxygens (including phenoxy) is 1. The van der Waals surface area contributed by atoms with Crippen LogP contribution >= 0.6 is 27.3 Å². The van der Waals surface area contributed by atoms with Crippen molar-refractivity contribution in [3.05, 3.63) is 80.3 Å². The number of aromatic nitrogens is 3. The van der Waals surface area contributed by atoms with Gasteiger partial charge in [-0.15, -0.1) is 11.3 Å². The van der Waals surface area contributed by atoms with Crippen molar-refractivity contribution in [2.75, 3.05) is 7.05 Å². The number of fused-ring (bicyclic) bond motifs is 1. The van der Waals surface area contributed by atoms with Crippen LogP contribution in [0.2, 0.25) is 0 Å². The molecular formula is C20H15BrN4O3S. The quantitative estimate of drug-likeness (QED) is 0.471. The fourth-order valence-electron chi connectivity index (χ4n) is 2.70. The minimum atomic E-state index is -0.235. The van der Waals surface area contributed by atoms with Crippen LogP contribution in [0, 0.1) is 0 Å². The Morgan fingerprint density at radius 3 is 2.72 bits per heavy atom. The molecule has 7 nitrogen and oxygen atoms in total. The molecule has 1 amide bonds. The molecule has 0 aliphatic heterocycles. The van der Waals surface area contributed by atoms with Crippen molar-refractivity contribution in [3.63, 3.8) is 0 Å². The number of carbonyl (C=O) groups is 1. The maximum Gasteiger partial charge on any atom is 0.268 e. The van der Waals surface area contributed by atoms with Crippen LogP contribution < -0.4 is 10.3 Å². The van der Waals surface area contributed by atoms with Gasteiger partial charge in [0.05, 0.1) is 17.6 Å². The molecular weight excluding hydrogens is 456 g/mol. The van der Waals surface area contributed by atoms with Gasteiger partial charge in [0.25, 0.3) is 11.5 Å². The Balaban J connectivity index is 1.45. The van der Waals surface area contributed by atoms with Gasteiger partial charge in [-0.05, 0) is 41.8 Å². The molecule has 3 aromatic heterocycles. The molecule has 29 heavy (non-hydrogen) atoms. The van der Waals surface area contributed by atoms with Gasteiger partial charge in [-0.1, -0.05) is 15.9 Å². The minimum absolute atomic E-state index is 0.178.